The van der Waals surface area contributed by atoms with Gasteiger partial charge in [-0.2, -0.15) is 0 Å². The highest BCUT2D eigenvalue weighted by atomic mass is 19.1. The van der Waals surface area contributed by atoms with Gasteiger partial charge in [-0.05, 0) is 30.7 Å². The van der Waals surface area contributed by atoms with E-state index in [1.165, 1.54) is 18.3 Å². The molecular weight excluding hydrogens is 445 g/mol. The van der Waals surface area contributed by atoms with Crippen LogP contribution < -0.4 is 10.6 Å². The maximum Gasteiger partial charge on any atom is 0.408 e. The lowest BCUT2D eigenvalue weighted by Gasteiger charge is -2.17. The molecule has 0 aliphatic heterocycles. The van der Waals surface area contributed by atoms with Gasteiger partial charge in [-0.3, -0.25) is 4.79 Å². The van der Waals surface area contributed by atoms with Gasteiger partial charge in [0.25, 0.3) is 5.91 Å². The number of nitrogens with one attached hydrogen (secondary N) is 2. The third-order valence-corrected chi connectivity index (χ3v) is 4.83. The number of carbonyl (C=O) groups excluding carboxylic acids is 3. The number of methoxy groups -OCH3 is 1. The third-order valence-electron chi connectivity index (χ3n) is 4.83. The van der Waals surface area contributed by atoms with Crippen molar-refractivity contribution in [2.24, 2.45) is 0 Å². The first-order valence-corrected chi connectivity index (χ1v) is 10.4. The fourth-order valence-electron chi connectivity index (χ4n) is 3.12. The van der Waals surface area contributed by atoms with Crippen molar-refractivity contribution in [2.75, 3.05) is 13.7 Å². The minimum absolute atomic E-state index is 0.00218. The van der Waals surface area contributed by atoms with Gasteiger partial charge in [-0.1, -0.05) is 35.5 Å². The Morgan fingerprint density at radius 2 is 1.91 bits per heavy atom. The molecule has 1 heterocycles. The maximum absolute atomic E-state index is 14.2. The number of carbonyl (C=O) groups is 3. The van der Waals surface area contributed by atoms with Crippen LogP contribution in [0.15, 0.2) is 54.7 Å². The summed E-state index contributed by atoms with van der Waals surface area (Å²) in [5.41, 5.74) is 1.76. The Hall–Kier alpha value is -4.28. The summed E-state index contributed by atoms with van der Waals surface area (Å²) in [6.07, 6.45) is 0.611. The summed E-state index contributed by atoms with van der Waals surface area (Å²) in [7, 11) is 1.15. The Morgan fingerprint density at radius 3 is 2.62 bits per heavy atom. The highest BCUT2D eigenvalue weighted by Crippen LogP contribution is 2.21. The van der Waals surface area contributed by atoms with Gasteiger partial charge in [-0.25, -0.2) is 18.7 Å². The van der Waals surface area contributed by atoms with Gasteiger partial charge in [-0.15, -0.1) is 5.10 Å². The van der Waals surface area contributed by atoms with Crippen LogP contribution in [0.3, 0.4) is 0 Å². The van der Waals surface area contributed by atoms with Gasteiger partial charge in [0.2, 0.25) is 0 Å². The number of nitrogens with zero attached hydrogens (tertiary/aromatic N) is 3. The van der Waals surface area contributed by atoms with E-state index in [-0.39, 0.29) is 18.7 Å². The molecule has 0 fully saturated rings. The Bertz CT molecular complexity index is 1150. The molecule has 3 rings (SSSR count). The molecule has 0 saturated heterocycles. The van der Waals surface area contributed by atoms with Crippen LogP contribution in [-0.4, -0.2) is 52.7 Å². The van der Waals surface area contributed by atoms with Crippen LogP contribution >= 0.6 is 0 Å². The molecule has 2 N–H and O–H groups in total. The molecule has 0 bridgehead atoms. The molecule has 34 heavy (non-hydrogen) atoms. The summed E-state index contributed by atoms with van der Waals surface area (Å²) in [5.74, 6) is -2.06. The van der Waals surface area contributed by atoms with E-state index in [0.29, 0.717) is 17.8 Å². The first kappa shape index (κ1) is 24.4. The molecule has 11 heteroatoms. The van der Waals surface area contributed by atoms with E-state index in [4.69, 9.17) is 4.74 Å². The summed E-state index contributed by atoms with van der Waals surface area (Å²) in [5, 5.41) is 12.6. The van der Waals surface area contributed by atoms with E-state index in [0.717, 1.165) is 18.7 Å². The Balaban J connectivity index is 1.64. The molecule has 178 valence electrons. The van der Waals surface area contributed by atoms with Crippen molar-refractivity contribution in [3.05, 3.63) is 71.7 Å². The average molecular weight is 469 g/mol. The van der Waals surface area contributed by atoms with E-state index in [2.05, 4.69) is 25.7 Å². The molecule has 0 aliphatic rings. The summed E-state index contributed by atoms with van der Waals surface area (Å²) in [6, 6.07) is 11.6. The lowest BCUT2D eigenvalue weighted by molar-refractivity contribution is -0.142. The van der Waals surface area contributed by atoms with Crippen molar-refractivity contribution in [3.8, 4) is 11.3 Å². The fourth-order valence-corrected chi connectivity index (χ4v) is 3.12. The predicted octanol–water partition coefficient (Wildman–Crippen LogP) is 2.30. The van der Waals surface area contributed by atoms with Gasteiger partial charge in [0.1, 0.15) is 18.5 Å². The number of amides is 2. The number of halogens is 1. The van der Waals surface area contributed by atoms with Crippen LogP contribution in [0.5, 0.6) is 0 Å². The van der Waals surface area contributed by atoms with E-state index in [9.17, 15) is 18.8 Å². The zero-order valence-electron chi connectivity index (χ0n) is 18.7. The number of rotatable bonds is 9. The highest BCUT2D eigenvalue weighted by Gasteiger charge is 2.23. The van der Waals surface area contributed by atoms with E-state index >= 15 is 0 Å². The van der Waals surface area contributed by atoms with Crippen LogP contribution in [0.2, 0.25) is 0 Å². The Kier molecular flexibility index (Phi) is 8.27. The topological polar surface area (TPSA) is 124 Å². The molecule has 0 unspecified atom stereocenters. The molecule has 2 aromatic carbocycles. The van der Waals surface area contributed by atoms with Crippen molar-refractivity contribution in [3.63, 3.8) is 0 Å². The minimum Gasteiger partial charge on any atom is -0.467 e. The predicted molar refractivity (Wildman–Crippen MR) is 119 cm³/mol. The largest absolute Gasteiger partial charge is 0.467 e. The summed E-state index contributed by atoms with van der Waals surface area (Å²) < 4.78 is 25.6. The van der Waals surface area contributed by atoms with E-state index < -0.39 is 29.8 Å². The number of hydrogen-bond donors (Lipinski definition) is 2. The number of aromatic nitrogens is 3. The van der Waals surface area contributed by atoms with Crippen molar-refractivity contribution in [2.45, 2.75) is 26.1 Å². The number of ether oxygens (including phenoxy) is 2. The Labute approximate surface area is 195 Å². The average Bonchev–Trinajstić information content (AvgIpc) is 3.34. The fraction of sp³-hybridized carbons (Fsp3) is 0.261. The van der Waals surface area contributed by atoms with Crippen LogP contribution in [0.1, 0.15) is 22.8 Å². The Morgan fingerprint density at radius 1 is 1.15 bits per heavy atom. The zero-order valence-corrected chi connectivity index (χ0v) is 18.7. The molecule has 10 nitrogen and oxygen atoms in total. The van der Waals surface area contributed by atoms with Crippen LogP contribution in [0, 0.1) is 5.82 Å². The van der Waals surface area contributed by atoms with Crippen LogP contribution in [0.25, 0.3) is 11.3 Å². The summed E-state index contributed by atoms with van der Waals surface area (Å²) >= 11 is 0. The molecule has 3 aromatic rings. The van der Waals surface area contributed by atoms with E-state index in [1.54, 1.807) is 28.9 Å². The molecule has 0 radical (unpaired) electrons. The van der Waals surface area contributed by atoms with Crippen LogP contribution in [0.4, 0.5) is 9.18 Å². The lowest BCUT2D eigenvalue weighted by atomic mass is 10.1. The van der Waals surface area contributed by atoms with Gasteiger partial charge >= 0.3 is 12.1 Å². The molecule has 1 atom stereocenters. The number of benzene rings is 2. The first-order chi connectivity index (χ1) is 16.4. The number of aryl methyl sites for hydroxylation is 1. The smallest absolute Gasteiger partial charge is 0.408 e. The van der Waals surface area contributed by atoms with Gasteiger partial charge < -0.3 is 20.1 Å². The molecule has 0 aliphatic carbocycles. The quantitative estimate of drug-likeness (QED) is 0.461. The lowest BCUT2D eigenvalue weighted by Crippen LogP contribution is -2.49. The van der Waals surface area contributed by atoms with Gasteiger partial charge in [0.05, 0.1) is 19.0 Å². The summed E-state index contributed by atoms with van der Waals surface area (Å²) in [6.45, 7) is 2.07. The summed E-state index contributed by atoms with van der Waals surface area (Å²) in [4.78, 5) is 36.9. The number of esters is 1. The molecule has 0 saturated carbocycles. The normalized spacial score (nSPS) is 11.4. The van der Waals surface area contributed by atoms with E-state index in [1.807, 2.05) is 13.0 Å². The molecule has 0 spiro atoms. The molecule has 1 aromatic heterocycles. The second kappa shape index (κ2) is 11.5. The van der Waals surface area contributed by atoms with Crippen LogP contribution in [-0.2, 0) is 27.4 Å². The SMILES string of the molecule is CCn1nncc1-c1cc(F)cc(C(=O)NC[C@@H](NC(=O)OCc2ccccc2)C(=O)OC)c1. The standard InChI is InChI=1S/C23H24FN5O5/c1-3-29-20(13-26-28-29)16-9-17(11-18(24)10-16)21(30)25-12-19(22(31)33-2)27-23(32)34-14-15-7-5-4-6-8-15/h4-11,13,19H,3,12,14H2,1-2H3,(H,25,30)(H,27,32)/t19-/m1/s1. The van der Waals surface area contributed by atoms with Crippen molar-refractivity contribution >= 4 is 18.0 Å². The zero-order chi connectivity index (χ0) is 24.5. The van der Waals surface area contributed by atoms with Crippen molar-refractivity contribution < 1.29 is 28.2 Å². The number of hydrogen-bond acceptors (Lipinski definition) is 7. The van der Waals surface area contributed by atoms with Gasteiger partial charge in [0.15, 0.2) is 0 Å². The number of alkyl carbamates (subject to hydrolysis) is 1. The van der Waals surface area contributed by atoms with Crippen molar-refractivity contribution in [1.29, 1.82) is 0 Å². The monoisotopic (exact) mass is 469 g/mol. The second-order valence-electron chi connectivity index (χ2n) is 7.16. The van der Waals surface area contributed by atoms with Gasteiger partial charge in [0, 0.05) is 24.2 Å². The van der Waals surface area contributed by atoms with Crippen molar-refractivity contribution in [1.82, 2.24) is 25.6 Å². The minimum atomic E-state index is -1.21. The maximum atomic E-state index is 14.2. The third kappa shape index (κ3) is 6.37. The first-order valence-electron chi connectivity index (χ1n) is 10.4. The second-order valence-corrected chi connectivity index (χ2v) is 7.16. The molecular formula is C23H24FN5O5. The molecule has 2 amide bonds. The highest BCUT2D eigenvalue weighted by molar-refractivity contribution is 5.96.